The molecule has 0 bridgehead atoms. The first-order valence-electron chi connectivity index (χ1n) is 6.41. The van der Waals surface area contributed by atoms with Gasteiger partial charge in [-0.25, -0.2) is 4.98 Å². The average Bonchev–Trinajstić information content (AvgIpc) is 2.38. The van der Waals surface area contributed by atoms with Gasteiger partial charge in [-0.3, -0.25) is 4.79 Å². The van der Waals surface area contributed by atoms with Crippen LogP contribution in [0.4, 0.5) is 19.0 Å². The van der Waals surface area contributed by atoms with Crippen molar-refractivity contribution in [2.75, 3.05) is 5.32 Å². The largest absolute Gasteiger partial charge is 0.481 e. The molecule has 0 spiro atoms. The summed E-state index contributed by atoms with van der Waals surface area (Å²) in [6.07, 6.45) is -1.66. The fourth-order valence-corrected chi connectivity index (χ4v) is 2.46. The van der Waals surface area contributed by atoms with Gasteiger partial charge in [0.25, 0.3) is 0 Å². The van der Waals surface area contributed by atoms with E-state index in [1.165, 1.54) is 12.1 Å². The fraction of sp³-hybridized carbons (Fsp3) is 0.538. The zero-order valence-electron chi connectivity index (χ0n) is 10.7. The van der Waals surface area contributed by atoms with Gasteiger partial charge in [0.2, 0.25) is 0 Å². The lowest BCUT2D eigenvalue weighted by Crippen LogP contribution is -2.37. The summed E-state index contributed by atoms with van der Waals surface area (Å²) in [5.74, 6) is -1.44. The SMILES string of the molecule is O=C(O)C1CCCCC1Nc1cccc(C(F)(F)F)n1. The van der Waals surface area contributed by atoms with Gasteiger partial charge in [-0.2, -0.15) is 13.2 Å². The maximum Gasteiger partial charge on any atom is 0.433 e. The molecule has 110 valence electrons. The standard InChI is InChI=1S/C13H15F3N2O2/c14-13(15,16)10-6-3-7-11(18-10)17-9-5-2-1-4-8(9)12(19)20/h3,6-9H,1-2,4-5H2,(H,17,18)(H,19,20). The van der Waals surface area contributed by atoms with Crippen molar-refractivity contribution in [2.24, 2.45) is 5.92 Å². The Labute approximate surface area is 114 Å². The van der Waals surface area contributed by atoms with Crippen molar-refractivity contribution in [1.29, 1.82) is 0 Å². The van der Waals surface area contributed by atoms with E-state index in [0.717, 1.165) is 18.9 Å². The van der Waals surface area contributed by atoms with Crippen LogP contribution in [0.5, 0.6) is 0 Å². The molecule has 0 radical (unpaired) electrons. The van der Waals surface area contributed by atoms with E-state index in [4.69, 9.17) is 5.11 Å². The first-order valence-corrected chi connectivity index (χ1v) is 6.41. The summed E-state index contributed by atoms with van der Waals surface area (Å²) < 4.78 is 37.7. The van der Waals surface area contributed by atoms with Gasteiger partial charge in [0.1, 0.15) is 11.5 Å². The van der Waals surface area contributed by atoms with E-state index in [1.807, 2.05) is 0 Å². The van der Waals surface area contributed by atoms with Crippen molar-refractivity contribution in [2.45, 2.75) is 37.9 Å². The number of alkyl halides is 3. The summed E-state index contributed by atoms with van der Waals surface area (Å²) in [5.41, 5.74) is -0.981. The van der Waals surface area contributed by atoms with Crippen LogP contribution in [0, 0.1) is 5.92 Å². The summed E-state index contributed by atoms with van der Waals surface area (Å²) in [7, 11) is 0. The number of carboxylic acid groups (broad SMARTS) is 1. The molecule has 20 heavy (non-hydrogen) atoms. The quantitative estimate of drug-likeness (QED) is 0.897. The molecule has 1 aromatic heterocycles. The van der Waals surface area contributed by atoms with Crippen LogP contribution in [0.1, 0.15) is 31.4 Å². The van der Waals surface area contributed by atoms with E-state index in [0.29, 0.717) is 12.8 Å². The summed E-state index contributed by atoms with van der Waals surface area (Å²) in [6.45, 7) is 0. The van der Waals surface area contributed by atoms with Gasteiger partial charge in [-0.1, -0.05) is 18.9 Å². The van der Waals surface area contributed by atoms with Crippen LogP contribution in [-0.2, 0) is 11.0 Å². The predicted molar refractivity (Wildman–Crippen MR) is 66.2 cm³/mol. The molecule has 0 saturated heterocycles. The van der Waals surface area contributed by atoms with E-state index < -0.39 is 23.8 Å². The number of halogens is 3. The molecular weight excluding hydrogens is 273 g/mol. The number of hydrogen-bond donors (Lipinski definition) is 2. The minimum absolute atomic E-state index is 0.0676. The molecule has 1 aromatic rings. The normalized spacial score (nSPS) is 23.4. The minimum Gasteiger partial charge on any atom is -0.481 e. The summed E-state index contributed by atoms with van der Waals surface area (Å²) in [6, 6.07) is 3.19. The van der Waals surface area contributed by atoms with Crippen molar-refractivity contribution < 1.29 is 23.1 Å². The van der Waals surface area contributed by atoms with Gasteiger partial charge in [0.05, 0.1) is 5.92 Å². The van der Waals surface area contributed by atoms with E-state index in [2.05, 4.69) is 10.3 Å². The van der Waals surface area contributed by atoms with Crippen LogP contribution in [0.3, 0.4) is 0 Å². The molecule has 2 N–H and O–H groups in total. The van der Waals surface area contributed by atoms with Crippen LogP contribution in [0.25, 0.3) is 0 Å². The van der Waals surface area contributed by atoms with Crippen LogP contribution in [-0.4, -0.2) is 22.1 Å². The van der Waals surface area contributed by atoms with Crippen LogP contribution in [0.2, 0.25) is 0 Å². The number of anilines is 1. The molecule has 7 heteroatoms. The lowest BCUT2D eigenvalue weighted by atomic mass is 9.84. The van der Waals surface area contributed by atoms with E-state index >= 15 is 0 Å². The molecule has 1 saturated carbocycles. The second-order valence-corrected chi connectivity index (χ2v) is 4.89. The minimum atomic E-state index is -4.50. The Bertz CT molecular complexity index is 491. The Kier molecular flexibility index (Phi) is 4.15. The predicted octanol–water partition coefficient (Wildman–Crippen LogP) is 3.16. The number of carbonyl (C=O) groups is 1. The second kappa shape index (κ2) is 5.68. The summed E-state index contributed by atoms with van der Waals surface area (Å²) in [4.78, 5) is 14.6. The summed E-state index contributed by atoms with van der Waals surface area (Å²) >= 11 is 0. The molecule has 4 nitrogen and oxygen atoms in total. The smallest absolute Gasteiger partial charge is 0.433 e. The number of nitrogens with zero attached hydrogens (tertiary/aromatic N) is 1. The van der Waals surface area contributed by atoms with Crippen molar-refractivity contribution in [1.82, 2.24) is 4.98 Å². The Morgan fingerprint density at radius 1 is 1.30 bits per heavy atom. The highest BCUT2D eigenvalue weighted by atomic mass is 19.4. The third-order valence-corrected chi connectivity index (χ3v) is 3.46. The molecular formula is C13H15F3N2O2. The number of rotatable bonds is 3. The molecule has 2 unspecified atom stereocenters. The molecule has 1 heterocycles. The van der Waals surface area contributed by atoms with Gasteiger partial charge in [-0.15, -0.1) is 0 Å². The Morgan fingerprint density at radius 3 is 2.65 bits per heavy atom. The zero-order chi connectivity index (χ0) is 14.8. The van der Waals surface area contributed by atoms with Gasteiger partial charge in [0, 0.05) is 6.04 Å². The third kappa shape index (κ3) is 3.40. The average molecular weight is 288 g/mol. The number of nitrogens with one attached hydrogen (secondary N) is 1. The first-order chi connectivity index (χ1) is 9.38. The maximum absolute atomic E-state index is 12.6. The highest BCUT2D eigenvalue weighted by molar-refractivity contribution is 5.71. The number of aromatic nitrogens is 1. The number of hydrogen-bond acceptors (Lipinski definition) is 3. The zero-order valence-corrected chi connectivity index (χ0v) is 10.7. The van der Waals surface area contributed by atoms with Crippen molar-refractivity contribution in [3.05, 3.63) is 23.9 Å². The highest BCUT2D eigenvalue weighted by Crippen LogP contribution is 2.30. The molecule has 0 aliphatic heterocycles. The van der Waals surface area contributed by atoms with Gasteiger partial charge in [0.15, 0.2) is 0 Å². The number of carboxylic acids is 1. The number of aliphatic carboxylic acids is 1. The van der Waals surface area contributed by atoms with Crippen molar-refractivity contribution >= 4 is 11.8 Å². The maximum atomic E-state index is 12.6. The highest BCUT2D eigenvalue weighted by Gasteiger charge is 2.34. The monoisotopic (exact) mass is 288 g/mol. The third-order valence-electron chi connectivity index (χ3n) is 3.46. The van der Waals surface area contributed by atoms with Gasteiger partial charge < -0.3 is 10.4 Å². The van der Waals surface area contributed by atoms with E-state index in [1.54, 1.807) is 0 Å². The lowest BCUT2D eigenvalue weighted by Gasteiger charge is -2.29. The summed E-state index contributed by atoms with van der Waals surface area (Å²) in [5, 5.41) is 12.0. The molecule has 2 rings (SSSR count). The topological polar surface area (TPSA) is 62.2 Å². The molecule has 0 amide bonds. The van der Waals surface area contributed by atoms with Crippen LogP contribution in [0.15, 0.2) is 18.2 Å². The van der Waals surface area contributed by atoms with E-state index in [-0.39, 0.29) is 11.9 Å². The fourth-order valence-electron chi connectivity index (χ4n) is 2.46. The van der Waals surface area contributed by atoms with E-state index in [9.17, 15) is 18.0 Å². The molecule has 0 aromatic carbocycles. The Hall–Kier alpha value is -1.79. The van der Waals surface area contributed by atoms with Crippen molar-refractivity contribution in [3.63, 3.8) is 0 Å². The Balaban J connectivity index is 2.14. The van der Waals surface area contributed by atoms with Crippen molar-refractivity contribution in [3.8, 4) is 0 Å². The van der Waals surface area contributed by atoms with Gasteiger partial charge >= 0.3 is 12.1 Å². The molecule has 1 aliphatic rings. The second-order valence-electron chi connectivity index (χ2n) is 4.89. The molecule has 2 atom stereocenters. The first kappa shape index (κ1) is 14.6. The van der Waals surface area contributed by atoms with Crippen LogP contribution >= 0.6 is 0 Å². The molecule has 1 aliphatic carbocycles. The number of pyridine rings is 1. The van der Waals surface area contributed by atoms with Crippen LogP contribution < -0.4 is 5.32 Å². The lowest BCUT2D eigenvalue weighted by molar-refractivity contribution is -0.143. The molecule has 1 fully saturated rings. The Morgan fingerprint density at radius 2 is 2.00 bits per heavy atom. The van der Waals surface area contributed by atoms with Gasteiger partial charge in [-0.05, 0) is 25.0 Å².